The molecule has 0 aliphatic heterocycles. The third-order valence-corrected chi connectivity index (χ3v) is 4.61. The Bertz CT molecular complexity index is 798. The molecule has 0 radical (unpaired) electrons. The molecule has 1 amide bonds. The number of rotatable bonds is 8. The number of likely N-dealkylation sites (N-methyl/N-ethyl adjacent to an activating group) is 1. The van der Waals surface area contributed by atoms with Gasteiger partial charge in [-0.25, -0.2) is 10.5 Å². The van der Waals surface area contributed by atoms with Crippen LogP contribution in [0.5, 0.6) is 0 Å². The van der Waals surface area contributed by atoms with Gasteiger partial charge in [-0.3, -0.25) is 10.0 Å². The predicted molar refractivity (Wildman–Crippen MR) is 110 cm³/mol. The number of fused-ring (bicyclic) bond motifs is 1. The Kier molecular flexibility index (Phi) is 7.16. The van der Waals surface area contributed by atoms with Crippen molar-refractivity contribution < 1.29 is 10.0 Å². The summed E-state index contributed by atoms with van der Waals surface area (Å²) in [6, 6.07) is 6.02. The van der Waals surface area contributed by atoms with E-state index in [9.17, 15) is 4.79 Å². The molecule has 0 bridgehead atoms. The van der Waals surface area contributed by atoms with Gasteiger partial charge >= 0.3 is 0 Å². The first kappa shape index (κ1) is 21.1. The fourth-order valence-corrected chi connectivity index (χ4v) is 3.15. The largest absolute Gasteiger partial charge is 0.327 e. The Hall–Kier alpha value is -2.18. The van der Waals surface area contributed by atoms with E-state index >= 15 is 0 Å². The molecule has 0 unspecified atom stereocenters. The van der Waals surface area contributed by atoms with Gasteiger partial charge in [0.2, 0.25) is 0 Å². The van der Waals surface area contributed by atoms with Gasteiger partial charge in [0.15, 0.2) is 0 Å². The molecule has 2 N–H and O–H groups in total. The maximum Gasteiger partial charge on any atom is 0.267 e. The van der Waals surface area contributed by atoms with Crippen LogP contribution in [0.3, 0.4) is 0 Å². The molecule has 27 heavy (non-hydrogen) atoms. The summed E-state index contributed by atoms with van der Waals surface area (Å²) in [5.41, 5.74) is 4.67. The van der Waals surface area contributed by atoms with E-state index in [1.165, 1.54) is 6.08 Å². The smallest absolute Gasteiger partial charge is 0.267 e. The second-order valence-corrected chi connectivity index (χ2v) is 8.00. The van der Waals surface area contributed by atoms with Crippen LogP contribution in [0.2, 0.25) is 0 Å². The zero-order valence-corrected chi connectivity index (χ0v) is 17.1. The third kappa shape index (κ3) is 5.91. The van der Waals surface area contributed by atoms with Crippen LogP contribution < -0.4 is 5.48 Å². The van der Waals surface area contributed by atoms with Crippen LogP contribution >= 0.6 is 0 Å². The van der Waals surface area contributed by atoms with Gasteiger partial charge in [0.1, 0.15) is 5.82 Å². The van der Waals surface area contributed by atoms with Crippen LogP contribution in [-0.4, -0.2) is 45.2 Å². The summed E-state index contributed by atoms with van der Waals surface area (Å²) in [5.74, 6) is 0.548. The number of hydroxylamine groups is 1. The average molecular weight is 373 g/mol. The fourth-order valence-electron chi connectivity index (χ4n) is 3.15. The van der Waals surface area contributed by atoms with E-state index in [0.29, 0.717) is 0 Å². The van der Waals surface area contributed by atoms with Gasteiger partial charge < -0.3 is 9.47 Å². The van der Waals surface area contributed by atoms with Crippen molar-refractivity contribution in [2.24, 2.45) is 5.41 Å². The van der Waals surface area contributed by atoms with Gasteiger partial charge in [-0.15, -0.1) is 0 Å². The van der Waals surface area contributed by atoms with Crippen LogP contribution in [0.4, 0.5) is 0 Å². The second kappa shape index (κ2) is 9.15. The van der Waals surface area contributed by atoms with E-state index in [4.69, 9.17) is 10.2 Å². The van der Waals surface area contributed by atoms with E-state index in [1.54, 1.807) is 11.6 Å². The zero-order valence-electron chi connectivity index (χ0n) is 17.1. The third-order valence-electron chi connectivity index (χ3n) is 4.61. The summed E-state index contributed by atoms with van der Waals surface area (Å²) in [6.07, 6.45) is 3.87. The van der Waals surface area contributed by atoms with Crippen LogP contribution in [0.15, 0.2) is 24.3 Å². The molecule has 0 fully saturated rings. The molecular weight excluding hydrogens is 340 g/mol. The van der Waals surface area contributed by atoms with Crippen molar-refractivity contribution >= 4 is 23.0 Å². The van der Waals surface area contributed by atoms with Crippen LogP contribution in [0.25, 0.3) is 17.1 Å². The Morgan fingerprint density at radius 3 is 2.59 bits per heavy atom. The topological polar surface area (TPSA) is 70.4 Å². The first-order valence-corrected chi connectivity index (χ1v) is 9.61. The Morgan fingerprint density at radius 2 is 2.00 bits per heavy atom. The molecule has 1 heterocycles. The second-order valence-electron chi connectivity index (χ2n) is 8.00. The number of benzene rings is 1. The summed E-state index contributed by atoms with van der Waals surface area (Å²) in [7, 11) is 0. The number of nitrogens with zero attached hydrogens (tertiary/aromatic N) is 3. The maximum absolute atomic E-state index is 11.2. The molecule has 1 aromatic carbocycles. The summed E-state index contributed by atoms with van der Waals surface area (Å²) in [6.45, 7) is 15.0. The average Bonchev–Trinajstić information content (AvgIpc) is 2.95. The molecule has 0 aliphatic rings. The van der Waals surface area contributed by atoms with Crippen molar-refractivity contribution in [1.82, 2.24) is 19.9 Å². The summed E-state index contributed by atoms with van der Waals surface area (Å²) >= 11 is 0. The molecule has 0 saturated carbocycles. The van der Waals surface area contributed by atoms with Crippen LogP contribution in [0, 0.1) is 5.41 Å². The van der Waals surface area contributed by atoms with Crippen molar-refractivity contribution in [3.63, 3.8) is 0 Å². The summed E-state index contributed by atoms with van der Waals surface area (Å²) < 4.78 is 2.33. The molecule has 0 saturated heterocycles. The lowest BCUT2D eigenvalue weighted by atomic mass is 9.92. The monoisotopic (exact) mass is 372 g/mol. The minimum Gasteiger partial charge on any atom is -0.327 e. The van der Waals surface area contributed by atoms with Crippen molar-refractivity contribution in [2.75, 3.05) is 19.6 Å². The highest BCUT2D eigenvalue weighted by molar-refractivity contribution is 5.91. The Morgan fingerprint density at radius 1 is 1.30 bits per heavy atom. The van der Waals surface area contributed by atoms with E-state index in [0.717, 1.165) is 55.0 Å². The van der Waals surface area contributed by atoms with Crippen LogP contribution in [0.1, 0.15) is 46.0 Å². The summed E-state index contributed by atoms with van der Waals surface area (Å²) in [5, 5.41) is 8.61. The number of hydrogen-bond donors (Lipinski definition) is 2. The van der Waals surface area contributed by atoms with E-state index in [-0.39, 0.29) is 5.41 Å². The molecule has 6 nitrogen and oxygen atoms in total. The first-order chi connectivity index (χ1) is 12.8. The van der Waals surface area contributed by atoms with Gasteiger partial charge in [0, 0.05) is 25.6 Å². The van der Waals surface area contributed by atoms with Gasteiger partial charge in [0.05, 0.1) is 11.0 Å². The molecule has 148 valence electrons. The van der Waals surface area contributed by atoms with Crippen molar-refractivity contribution in [3.8, 4) is 0 Å². The molecule has 0 aliphatic carbocycles. The normalized spacial score (nSPS) is 12.4. The SMILES string of the molecule is CCN(CC)CCn1c(CC(C)(C)C)nc2cc(/C=C/C(=O)NO)ccc21. The predicted octanol–water partition coefficient (Wildman–Crippen LogP) is 3.49. The van der Waals surface area contributed by atoms with Gasteiger partial charge in [-0.1, -0.05) is 40.7 Å². The molecule has 2 rings (SSSR count). The lowest BCUT2D eigenvalue weighted by Crippen LogP contribution is -2.28. The molecule has 2 aromatic rings. The number of hydrogen-bond acceptors (Lipinski definition) is 4. The molecule has 1 aromatic heterocycles. The van der Waals surface area contributed by atoms with E-state index < -0.39 is 5.91 Å². The van der Waals surface area contributed by atoms with Crippen molar-refractivity contribution in [2.45, 2.75) is 47.6 Å². The van der Waals surface area contributed by atoms with Crippen molar-refractivity contribution in [3.05, 3.63) is 35.7 Å². The highest BCUT2D eigenvalue weighted by Crippen LogP contribution is 2.25. The number of amides is 1. The zero-order chi connectivity index (χ0) is 20.0. The number of carbonyl (C=O) groups is 1. The Balaban J connectivity index is 2.38. The number of carbonyl (C=O) groups excluding carboxylic acids is 1. The molecular formula is C21H32N4O2. The maximum atomic E-state index is 11.2. The highest BCUT2D eigenvalue weighted by Gasteiger charge is 2.18. The first-order valence-electron chi connectivity index (χ1n) is 9.61. The summed E-state index contributed by atoms with van der Waals surface area (Å²) in [4.78, 5) is 18.5. The standard InChI is InChI=1S/C21H32N4O2/c1-6-24(7-2)12-13-25-18-10-8-16(9-11-20(26)23-27)14-17(18)22-19(25)15-21(3,4)5/h8-11,14,27H,6-7,12-13,15H2,1-5H3,(H,23,26)/b11-9+. The quantitative estimate of drug-likeness (QED) is 0.423. The van der Waals surface area contributed by atoms with Gasteiger partial charge in [-0.05, 0) is 42.3 Å². The van der Waals surface area contributed by atoms with Gasteiger partial charge in [0.25, 0.3) is 5.91 Å². The van der Waals surface area contributed by atoms with E-state index in [2.05, 4.69) is 50.2 Å². The molecule has 0 spiro atoms. The number of aromatic nitrogens is 2. The minimum atomic E-state index is -0.548. The minimum absolute atomic E-state index is 0.149. The number of nitrogens with one attached hydrogen (secondary N) is 1. The fraction of sp³-hybridized carbons (Fsp3) is 0.524. The van der Waals surface area contributed by atoms with E-state index in [1.807, 2.05) is 12.1 Å². The Labute approximate surface area is 161 Å². The lowest BCUT2D eigenvalue weighted by Gasteiger charge is -2.22. The molecule has 6 heteroatoms. The highest BCUT2D eigenvalue weighted by atomic mass is 16.5. The van der Waals surface area contributed by atoms with Crippen LogP contribution in [-0.2, 0) is 17.8 Å². The van der Waals surface area contributed by atoms with Crippen molar-refractivity contribution in [1.29, 1.82) is 0 Å². The van der Waals surface area contributed by atoms with Gasteiger partial charge in [-0.2, -0.15) is 0 Å². The molecule has 0 atom stereocenters. The lowest BCUT2D eigenvalue weighted by molar-refractivity contribution is -0.124. The number of imidazole rings is 1.